The van der Waals surface area contributed by atoms with E-state index in [9.17, 15) is 9.59 Å². The van der Waals surface area contributed by atoms with Crippen molar-refractivity contribution in [1.29, 1.82) is 0 Å². The maximum absolute atomic E-state index is 12.1. The standard InChI is InChI=1S/C16H21N3O4.ClH/c1-10(18-15(20)7-12-8-22-5-4-17-12)11-2-3-14-13(6-11)19-16(21)9-23-14;/h2-3,6,10,12,17H,4-5,7-9H2,1H3,(H,18,20)(H,19,21);1H. The molecule has 2 aliphatic rings. The number of nitrogens with one attached hydrogen (secondary N) is 3. The van der Waals surface area contributed by atoms with E-state index in [-0.39, 0.29) is 42.9 Å². The Morgan fingerprint density at radius 3 is 3.04 bits per heavy atom. The minimum absolute atomic E-state index is 0. The van der Waals surface area contributed by atoms with Crippen LogP contribution >= 0.6 is 12.4 Å². The molecule has 2 unspecified atom stereocenters. The molecule has 0 radical (unpaired) electrons. The first-order valence-electron chi connectivity index (χ1n) is 7.79. The van der Waals surface area contributed by atoms with Crippen molar-refractivity contribution in [3.8, 4) is 5.75 Å². The van der Waals surface area contributed by atoms with Gasteiger partial charge in [0.05, 0.1) is 24.9 Å². The zero-order valence-corrected chi connectivity index (χ0v) is 14.3. The number of hydrogen-bond donors (Lipinski definition) is 3. The SMILES string of the molecule is CC(NC(=O)CC1COCCN1)c1ccc2c(c1)NC(=O)CO2.Cl. The Kier molecular flexibility index (Phi) is 6.42. The van der Waals surface area contributed by atoms with Gasteiger partial charge in [-0.05, 0) is 24.6 Å². The monoisotopic (exact) mass is 355 g/mol. The van der Waals surface area contributed by atoms with Crippen LogP contribution in [-0.2, 0) is 14.3 Å². The molecule has 7 nitrogen and oxygen atoms in total. The van der Waals surface area contributed by atoms with Gasteiger partial charge >= 0.3 is 0 Å². The number of carbonyl (C=O) groups excluding carboxylic acids is 2. The summed E-state index contributed by atoms with van der Waals surface area (Å²) in [5.41, 5.74) is 1.55. The normalized spacial score (nSPS) is 20.7. The van der Waals surface area contributed by atoms with Crippen molar-refractivity contribution >= 4 is 29.9 Å². The maximum atomic E-state index is 12.1. The lowest BCUT2D eigenvalue weighted by Gasteiger charge is -2.24. The van der Waals surface area contributed by atoms with Gasteiger partial charge in [-0.1, -0.05) is 6.07 Å². The molecule has 1 aromatic rings. The second kappa shape index (κ2) is 8.32. The molecule has 0 aliphatic carbocycles. The van der Waals surface area contributed by atoms with E-state index in [1.165, 1.54) is 0 Å². The van der Waals surface area contributed by atoms with Gasteiger partial charge < -0.3 is 25.4 Å². The molecule has 0 bridgehead atoms. The number of halogens is 1. The van der Waals surface area contributed by atoms with E-state index in [0.29, 0.717) is 31.1 Å². The van der Waals surface area contributed by atoms with Crippen LogP contribution in [0.2, 0.25) is 0 Å². The number of benzene rings is 1. The Bertz CT molecular complexity index is 605. The van der Waals surface area contributed by atoms with E-state index in [2.05, 4.69) is 16.0 Å². The molecule has 1 fully saturated rings. The molecule has 0 aromatic heterocycles. The van der Waals surface area contributed by atoms with Crippen LogP contribution in [0.15, 0.2) is 18.2 Å². The fraction of sp³-hybridized carbons (Fsp3) is 0.500. The largest absolute Gasteiger partial charge is 0.482 e. The number of morpholine rings is 1. The fourth-order valence-corrected chi connectivity index (χ4v) is 2.73. The minimum atomic E-state index is -0.172. The lowest BCUT2D eigenvalue weighted by molar-refractivity contribution is -0.123. The van der Waals surface area contributed by atoms with E-state index in [0.717, 1.165) is 12.1 Å². The molecular weight excluding hydrogens is 334 g/mol. The number of amides is 2. The van der Waals surface area contributed by atoms with Crippen molar-refractivity contribution in [3.63, 3.8) is 0 Å². The number of hydrogen-bond acceptors (Lipinski definition) is 5. The Labute approximate surface area is 146 Å². The van der Waals surface area contributed by atoms with Crippen molar-refractivity contribution in [3.05, 3.63) is 23.8 Å². The number of anilines is 1. The highest BCUT2D eigenvalue weighted by atomic mass is 35.5. The Morgan fingerprint density at radius 2 is 2.29 bits per heavy atom. The van der Waals surface area contributed by atoms with Gasteiger partial charge in [0.2, 0.25) is 5.91 Å². The first-order valence-corrected chi connectivity index (χ1v) is 7.79. The highest BCUT2D eigenvalue weighted by molar-refractivity contribution is 5.95. The highest BCUT2D eigenvalue weighted by Gasteiger charge is 2.20. The van der Waals surface area contributed by atoms with E-state index in [1.807, 2.05) is 25.1 Å². The summed E-state index contributed by atoms with van der Waals surface area (Å²) < 4.78 is 10.7. The van der Waals surface area contributed by atoms with Gasteiger partial charge in [-0.2, -0.15) is 0 Å². The van der Waals surface area contributed by atoms with Gasteiger partial charge in [-0.25, -0.2) is 0 Å². The van der Waals surface area contributed by atoms with Crippen LogP contribution in [0.25, 0.3) is 0 Å². The number of fused-ring (bicyclic) bond motifs is 1. The van der Waals surface area contributed by atoms with Crippen LogP contribution in [0.1, 0.15) is 24.9 Å². The number of rotatable bonds is 4. The van der Waals surface area contributed by atoms with E-state index in [4.69, 9.17) is 9.47 Å². The van der Waals surface area contributed by atoms with Gasteiger partial charge in [-0.15, -0.1) is 12.4 Å². The first kappa shape index (κ1) is 18.5. The third-order valence-corrected chi connectivity index (χ3v) is 3.94. The average molecular weight is 356 g/mol. The second-order valence-corrected chi connectivity index (χ2v) is 5.81. The molecule has 24 heavy (non-hydrogen) atoms. The summed E-state index contributed by atoms with van der Waals surface area (Å²) in [6.07, 6.45) is 0.384. The molecule has 3 rings (SSSR count). The summed E-state index contributed by atoms with van der Waals surface area (Å²) in [5, 5.41) is 9.00. The molecule has 2 amide bonds. The van der Waals surface area contributed by atoms with Crippen LogP contribution in [0.4, 0.5) is 5.69 Å². The summed E-state index contributed by atoms with van der Waals surface area (Å²) in [7, 11) is 0. The zero-order chi connectivity index (χ0) is 16.2. The molecule has 0 spiro atoms. The third-order valence-electron chi connectivity index (χ3n) is 3.94. The van der Waals surface area contributed by atoms with Gasteiger partial charge in [0.15, 0.2) is 6.61 Å². The smallest absolute Gasteiger partial charge is 0.262 e. The van der Waals surface area contributed by atoms with Crippen LogP contribution in [0, 0.1) is 0 Å². The van der Waals surface area contributed by atoms with Crippen molar-refractivity contribution in [2.75, 3.05) is 31.7 Å². The molecule has 2 heterocycles. The lowest BCUT2D eigenvalue weighted by Crippen LogP contribution is -2.44. The van der Waals surface area contributed by atoms with Crippen LogP contribution in [0.3, 0.4) is 0 Å². The van der Waals surface area contributed by atoms with Crippen molar-refractivity contribution in [2.24, 2.45) is 0 Å². The summed E-state index contributed by atoms with van der Waals surface area (Å²) in [6, 6.07) is 5.44. The van der Waals surface area contributed by atoms with E-state index in [1.54, 1.807) is 0 Å². The predicted molar refractivity (Wildman–Crippen MR) is 91.6 cm³/mol. The Hall–Kier alpha value is -1.83. The fourth-order valence-electron chi connectivity index (χ4n) is 2.73. The summed E-state index contributed by atoms with van der Waals surface area (Å²) in [5.74, 6) is 0.448. The molecule has 132 valence electrons. The minimum Gasteiger partial charge on any atom is -0.482 e. The van der Waals surface area contributed by atoms with Crippen molar-refractivity contribution in [2.45, 2.75) is 25.4 Å². The zero-order valence-electron chi connectivity index (χ0n) is 13.5. The second-order valence-electron chi connectivity index (χ2n) is 5.81. The van der Waals surface area contributed by atoms with Crippen LogP contribution in [-0.4, -0.2) is 44.2 Å². The van der Waals surface area contributed by atoms with E-state index < -0.39 is 0 Å². The molecule has 2 atom stereocenters. The molecule has 1 aromatic carbocycles. The van der Waals surface area contributed by atoms with Gasteiger partial charge in [0, 0.05) is 19.0 Å². The molecule has 2 aliphatic heterocycles. The van der Waals surface area contributed by atoms with Crippen molar-refractivity contribution < 1.29 is 19.1 Å². The van der Waals surface area contributed by atoms with Crippen LogP contribution < -0.4 is 20.7 Å². The summed E-state index contributed by atoms with van der Waals surface area (Å²) in [6.45, 7) is 3.98. The molecule has 8 heteroatoms. The number of carbonyl (C=O) groups is 2. The predicted octanol–water partition coefficient (Wildman–Crippen LogP) is 0.995. The summed E-state index contributed by atoms with van der Waals surface area (Å²) >= 11 is 0. The molecule has 0 saturated carbocycles. The maximum Gasteiger partial charge on any atom is 0.262 e. The first-order chi connectivity index (χ1) is 11.1. The topological polar surface area (TPSA) is 88.7 Å². The van der Waals surface area contributed by atoms with Gasteiger partial charge in [-0.3, -0.25) is 9.59 Å². The average Bonchev–Trinajstić information content (AvgIpc) is 2.54. The van der Waals surface area contributed by atoms with Gasteiger partial charge in [0.25, 0.3) is 5.91 Å². The lowest BCUT2D eigenvalue weighted by atomic mass is 10.1. The molecule has 3 N–H and O–H groups in total. The number of ether oxygens (including phenoxy) is 2. The third kappa shape index (κ3) is 4.59. The Morgan fingerprint density at radius 1 is 1.46 bits per heavy atom. The van der Waals surface area contributed by atoms with E-state index >= 15 is 0 Å². The quantitative estimate of drug-likeness (QED) is 0.749. The summed E-state index contributed by atoms with van der Waals surface area (Å²) in [4.78, 5) is 23.5. The molecular formula is C16H22ClN3O4. The van der Waals surface area contributed by atoms with Gasteiger partial charge in [0.1, 0.15) is 5.75 Å². The van der Waals surface area contributed by atoms with Crippen LogP contribution in [0.5, 0.6) is 5.75 Å². The molecule has 1 saturated heterocycles. The van der Waals surface area contributed by atoms with Crippen molar-refractivity contribution in [1.82, 2.24) is 10.6 Å². The Balaban J connectivity index is 0.00000208. The highest BCUT2D eigenvalue weighted by Crippen LogP contribution is 2.30.